The second-order valence-electron chi connectivity index (χ2n) is 7.24. The number of amides is 1. The van der Waals surface area contributed by atoms with Crippen molar-refractivity contribution in [2.75, 3.05) is 20.3 Å². The van der Waals surface area contributed by atoms with Gasteiger partial charge in [0, 0.05) is 39.2 Å². The maximum absolute atomic E-state index is 12.1. The normalized spacial score (nSPS) is 16.2. The van der Waals surface area contributed by atoms with Crippen molar-refractivity contribution in [1.29, 1.82) is 0 Å². The van der Waals surface area contributed by atoms with E-state index in [0.717, 1.165) is 38.0 Å². The number of nitrogens with zero attached hydrogens (tertiary/aromatic N) is 2. The van der Waals surface area contributed by atoms with Gasteiger partial charge in [0.1, 0.15) is 5.60 Å². The van der Waals surface area contributed by atoms with Crippen LogP contribution in [-0.2, 0) is 22.4 Å². The van der Waals surface area contributed by atoms with Gasteiger partial charge >= 0.3 is 6.09 Å². The summed E-state index contributed by atoms with van der Waals surface area (Å²) in [6, 6.07) is 2.00. The fourth-order valence-corrected chi connectivity index (χ4v) is 2.72. The average molecular weight is 320 g/mol. The van der Waals surface area contributed by atoms with E-state index in [1.165, 1.54) is 5.56 Å². The van der Waals surface area contributed by atoms with E-state index >= 15 is 0 Å². The number of carbonyl (C=O) groups is 1. The van der Waals surface area contributed by atoms with Crippen LogP contribution in [0.1, 0.15) is 44.7 Å². The highest BCUT2D eigenvalue weighted by Crippen LogP contribution is 2.22. The molecule has 0 saturated carbocycles. The van der Waals surface area contributed by atoms with Crippen molar-refractivity contribution in [3.8, 4) is 0 Å². The summed E-state index contributed by atoms with van der Waals surface area (Å²) in [7, 11) is 1.77. The smallest absolute Gasteiger partial charge is 0.410 e. The molecule has 1 amide bonds. The van der Waals surface area contributed by atoms with Crippen molar-refractivity contribution < 1.29 is 14.3 Å². The fraction of sp³-hybridized carbons (Fsp3) is 0.667. The minimum atomic E-state index is -0.478. The Morgan fingerprint density at radius 2 is 2.04 bits per heavy atom. The van der Waals surface area contributed by atoms with Crippen LogP contribution in [0.2, 0.25) is 0 Å². The van der Waals surface area contributed by atoms with Crippen LogP contribution in [0.5, 0.6) is 0 Å². The van der Waals surface area contributed by atoms with Crippen molar-refractivity contribution in [2.24, 2.45) is 5.92 Å². The lowest BCUT2D eigenvalue weighted by molar-refractivity contribution is 0.0284. The molecule has 2 heterocycles. The van der Waals surface area contributed by atoms with Crippen LogP contribution < -0.4 is 0 Å². The highest BCUT2D eigenvalue weighted by molar-refractivity contribution is 5.67. The summed E-state index contributed by atoms with van der Waals surface area (Å²) >= 11 is 0. The monoisotopic (exact) mass is 320 g/mol. The summed E-state index contributed by atoms with van der Waals surface area (Å²) < 4.78 is 10.8. The Morgan fingerprint density at radius 3 is 2.70 bits per heavy atom. The first-order valence-corrected chi connectivity index (χ1v) is 8.29. The van der Waals surface area contributed by atoms with Gasteiger partial charge in [-0.05, 0) is 63.1 Å². The molecule has 1 aliphatic rings. The van der Waals surface area contributed by atoms with Crippen LogP contribution in [0.4, 0.5) is 4.79 Å². The van der Waals surface area contributed by atoms with Gasteiger partial charge in [-0.25, -0.2) is 4.79 Å². The van der Waals surface area contributed by atoms with Crippen LogP contribution >= 0.6 is 0 Å². The first-order valence-electron chi connectivity index (χ1n) is 8.29. The Morgan fingerprint density at radius 1 is 1.35 bits per heavy atom. The molecule has 2 rings (SSSR count). The minimum absolute atomic E-state index is 0.300. The van der Waals surface area contributed by atoms with Crippen LogP contribution in [0, 0.1) is 5.92 Å². The summed E-state index contributed by atoms with van der Waals surface area (Å²) in [5.74, 6) is 0.638. The number of hydrogen-bond donors (Lipinski definition) is 0. The van der Waals surface area contributed by atoms with Crippen LogP contribution in [0.15, 0.2) is 18.5 Å². The van der Waals surface area contributed by atoms with Gasteiger partial charge in [0.25, 0.3) is 0 Å². The quantitative estimate of drug-likeness (QED) is 0.853. The molecule has 1 saturated heterocycles. The Kier molecular flexibility index (Phi) is 5.99. The predicted molar refractivity (Wildman–Crippen MR) is 89.2 cm³/mol. The summed E-state index contributed by atoms with van der Waals surface area (Å²) in [6.45, 7) is 7.86. The summed E-state index contributed by atoms with van der Waals surface area (Å²) in [5, 5.41) is 0. The van der Waals surface area contributed by atoms with Gasteiger partial charge in [0.05, 0.1) is 0 Å². The molecule has 128 valence electrons. The fourth-order valence-electron chi connectivity index (χ4n) is 2.72. The van der Waals surface area contributed by atoms with Crippen molar-refractivity contribution >= 4 is 6.09 Å². The van der Waals surface area contributed by atoms with E-state index in [2.05, 4.69) is 4.98 Å². The molecule has 1 aliphatic heterocycles. The molecule has 0 radical (unpaired) electrons. The summed E-state index contributed by atoms with van der Waals surface area (Å²) in [5.41, 5.74) is 1.88. The van der Waals surface area contributed by atoms with Crippen molar-refractivity contribution in [2.45, 2.75) is 52.2 Å². The van der Waals surface area contributed by atoms with Gasteiger partial charge in [-0.3, -0.25) is 4.98 Å². The molecule has 23 heavy (non-hydrogen) atoms. The van der Waals surface area contributed by atoms with E-state index in [1.807, 2.05) is 33.0 Å². The summed E-state index contributed by atoms with van der Waals surface area (Å²) in [6.07, 6.45) is 6.59. The Balaban J connectivity index is 2.00. The van der Waals surface area contributed by atoms with Gasteiger partial charge in [-0.1, -0.05) is 0 Å². The third-order valence-corrected chi connectivity index (χ3v) is 3.97. The molecule has 0 unspecified atom stereocenters. The number of hydrogen-bond acceptors (Lipinski definition) is 4. The van der Waals surface area contributed by atoms with Crippen LogP contribution in [0.25, 0.3) is 0 Å². The van der Waals surface area contributed by atoms with Crippen LogP contribution in [-0.4, -0.2) is 41.8 Å². The van der Waals surface area contributed by atoms with Gasteiger partial charge in [-0.15, -0.1) is 0 Å². The zero-order chi connectivity index (χ0) is 16.9. The zero-order valence-corrected chi connectivity index (χ0v) is 14.7. The van der Waals surface area contributed by atoms with Crippen molar-refractivity contribution in [3.63, 3.8) is 0 Å². The number of rotatable bonds is 4. The maximum atomic E-state index is 12.1. The molecule has 0 atom stereocenters. The SMILES string of the molecule is CN(Cc1ccncc1CC1CCOCC1)C(=O)OC(C)(C)C. The highest BCUT2D eigenvalue weighted by atomic mass is 16.6. The molecule has 0 spiro atoms. The standard InChI is InChI=1S/C18H28N2O3/c1-18(2,3)23-17(21)20(4)13-15-5-8-19-12-16(15)11-14-6-9-22-10-7-14/h5,8,12,14H,6-7,9-11,13H2,1-4H3. The van der Waals surface area contributed by atoms with Crippen molar-refractivity contribution in [3.05, 3.63) is 29.6 Å². The third kappa shape index (κ3) is 5.82. The first kappa shape index (κ1) is 17.7. The third-order valence-electron chi connectivity index (χ3n) is 3.97. The Labute approximate surface area is 139 Å². The van der Waals surface area contributed by atoms with Gasteiger partial charge in [0.2, 0.25) is 0 Å². The molecule has 0 aromatic carbocycles. The average Bonchev–Trinajstić information content (AvgIpc) is 2.48. The largest absolute Gasteiger partial charge is 0.444 e. The number of ether oxygens (including phenoxy) is 2. The van der Waals surface area contributed by atoms with Gasteiger partial charge in [0.15, 0.2) is 0 Å². The van der Waals surface area contributed by atoms with Gasteiger partial charge < -0.3 is 14.4 Å². The lowest BCUT2D eigenvalue weighted by Gasteiger charge is -2.26. The number of aromatic nitrogens is 1. The molecule has 0 aliphatic carbocycles. The molecule has 0 bridgehead atoms. The Bertz CT molecular complexity index is 519. The highest BCUT2D eigenvalue weighted by Gasteiger charge is 2.21. The van der Waals surface area contributed by atoms with Crippen LogP contribution in [0.3, 0.4) is 0 Å². The molecule has 1 fully saturated rings. The molecular weight excluding hydrogens is 292 g/mol. The van der Waals surface area contributed by atoms with Crippen molar-refractivity contribution in [1.82, 2.24) is 9.88 Å². The maximum Gasteiger partial charge on any atom is 0.410 e. The van der Waals surface area contributed by atoms with Gasteiger partial charge in [-0.2, -0.15) is 0 Å². The molecule has 5 heteroatoms. The predicted octanol–water partition coefficient (Wildman–Crippen LogP) is 3.42. The van der Waals surface area contributed by atoms with E-state index in [9.17, 15) is 4.79 Å². The second-order valence-corrected chi connectivity index (χ2v) is 7.24. The first-order chi connectivity index (χ1) is 10.8. The Hall–Kier alpha value is -1.62. The van der Waals surface area contributed by atoms with E-state index in [4.69, 9.17) is 9.47 Å². The molecule has 1 aromatic heterocycles. The van der Waals surface area contributed by atoms with E-state index in [-0.39, 0.29) is 6.09 Å². The van der Waals surface area contributed by atoms with E-state index in [1.54, 1.807) is 18.1 Å². The topological polar surface area (TPSA) is 51.7 Å². The second kappa shape index (κ2) is 7.77. The molecule has 0 N–H and O–H groups in total. The lowest BCUT2D eigenvalue weighted by atomic mass is 9.91. The lowest BCUT2D eigenvalue weighted by Crippen LogP contribution is -2.34. The number of pyridine rings is 1. The molecule has 5 nitrogen and oxygen atoms in total. The number of carbonyl (C=O) groups excluding carboxylic acids is 1. The molecule has 1 aromatic rings. The minimum Gasteiger partial charge on any atom is -0.444 e. The zero-order valence-electron chi connectivity index (χ0n) is 14.7. The summed E-state index contributed by atoms with van der Waals surface area (Å²) in [4.78, 5) is 18.0. The van der Waals surface area contributed by atoms with E-state index < -0.39 is 5.60 Å². The van der Waals surface area contributed by atoms with E-state index in [0.29, 0.717) is 12.5 Å². The molecular formula is C18H28N2O3.